The number of nitrogens with zero attached hydrogens (tertiary/aromatic N) is 5. The number of piperidine rings is 1. The Hall–Kier alpha value is -3.35. The van der Waals surface area contributed by atoms with E-state index in [-0.39, 0.29) is 11.8 Å². The Morgan fingerprint density at radius 3 is 2.69 bits per heavy atom. The molecule has 1 amide bonds. The van der Waals surface area contributed by atoms with Gasteiger partial charge in [-0.15, -0.1) is 0 Å². The summed E-state index contributed by atoms with van der Waals surface area (Å²) in [7, 11) is 0. The highest BCUT2D eigenvalue weighted by Gasteiger charge is 2.26. The average Bonchev–Trinajstić information content (AvgIpc) is 2.73. The van der Waals surface area contributed by atoms with Gasteiger partial charge in [-0.05, 0) is 57.0 Å². The molecule has 3 aromatic rings. The molecule has 0 saturated carbocycles. The van der Waals surface area contributed by atoms with E-state index in [0.717, 1.165) is 36.5 Å². The van der Waals surface area contributed by atoms with Crippen molar-refractivity contribution in [1.29, 1.82) is 0 Å². The lowest BCUT2D eigenvalue weighted by atomic mass is 9.94. The number of hydrogen-bond donors (Lipinski definition) is 1. The van der Waals surface area contributed by atoms with Crippen molar-refractivity contribution in [3.63, 3.8) is 0 Å². The number of nitrogens with one attached hydrogen (secondary N) is 1. The normalized spacial score (nSPS) is 16.5. The first-order valence-electron chi connectivity index (χ1n) is 9.84. The Bertz CT molecular complexity index is 987. The fourth-order valence-corrected chi connectivity index (χ4v) is 3.72. The minimum atomic E-state index is 0.0284. The van der Waals surface area contributed by atoms with E-state index in [0.29, 0.717) is 23.9 Å². The number of anilines is 2. The molecule has 1 aliphatic rings. The smallest absolute Gasteiger partial charge is 0.255 e. The summed E-state index contributed by atoms with van der Waals surface area (Å²) >= 11 is 0. The zero-order valence-corrected chi connectivity index (χ0v) is 16.7. The molecular formula is C22H24N6O. The predicted molar refractivity (Wildman–Crippen MR) is 111 cm³/mol. The molecule has 3 aromatic heterocycles. The first-order valence-corrected chi connectivity index (χ1v) is 9.84. The highest BCUT2D eigenvalue weighted by molar-refractivity contribution is 5.94. The maximum Gasteiger partial charge on any atom is 0.255 e. The van der Waals surface area contributed by atoms with Crippen molar-refractivity contribution < 1.29 is 4.79 Å². The number of aromatic nitrogens is 4. The van der Waals surface area contributed by atoms with Gasteiger partial charge in [-0.25, -0.2) is 15.0 Å². The lowest BCUT2D eigenvalue weighted by Crippen LogP contribution is -2.39. The molecule has 1 fully saturated rings. The van der Waals surface area contributed by atoms with Crippen LogP contribution in [0.5, 0.6) is 0 Å². The predicted octanol–water partition coefficient (Wildman–Crippen LogP) is 3.65. The maximum absolute atomic E-state index is 12.8. The summed E-state index contributed by atoms with van der Waals surface area (Å²) in [5.74, 6) is 1.49. The summed E-state index contributed by atoms with van der Waals surface area (Å²) in [6.45, 7) is 5.31. The average molecular weight is 388 g/mol. The van der Waals surface area contributed by atoms with Crippen molar-refractivity contribution in [2.75, 3.05) is 18.4 Å². The van der Waals surface area contributed by atoms with Crippen LogP contribution in [0.1, 0.15) is 46.2 Å². The van der Waals surface area contributed by atoms with E-state index in [9.17, 15) is 4.79 Å². The minimum absolute atomic E-state index is 0.0284. The lowest BCUT2D eigenvalue weighted by molar-refractivity contribution is 0.0705. The van der Waals surface area contributed by atoms with Crippen LogP contribution in [-0.2, 0) is 0 Å². The van der Waals surface area contributed by atoms with E-state index in [1.807, 2.05) is 49.1 Å². The molecule has 0 radical (unpaired) electrons. The highest BCUT2D eigenvalue weighted by atomic mass is 16.2. The monoisotopic (exact) mass is 388 g/mol. The molecule has 7 nitrogen and oxygen atoms in total. The third kappa shape index (κ3) is 4.56. The molecule has 0 aromatic carbocycles. The molecule has 29 heavy (non-hydrogen) atoms. The van der Waals surface area contributed by atoms with Gasteiger partial charge >= 0.3 is 0 Å². The molecule has 1 aliphatic heterocycles. The van der Waals surface area contributed by atoms with Crippen molar-refractivity contribution in [1.82, 2.24) is 24.8 Å². The third-order valence-electron chi connectivity index (χ3n) is 5.03. The zero-order chi connectivity index (χ0) is 20.2. The van der Waals surface area contributed by atoms with Crippen LogP contribution in [0.25, 0.3) is 0 Å². The van der Waals surface area contributed by atoms with Crippen LogP contribution in [0.15, 0.2) is 48.8 Å². The van der Waals surface area contributed by atoms with Crippen molar-refractivity contribution in [2.24, 2.45) is 0 Å². The topological polar surface area (TPSA) is 83.9 Å². The largest absolute Gasteiger partial charge is 0.338 e. The van der Waals surface area contributed by atoms with Gasteiger partial charge in [0.2, 0.25) is 5.95 Å². The molecule has 1 N–H and O–H groups in total. The van der Waals surface area contributed by atoms with Crippen molar-refractivity contribution in [3.8, 4) is 0 Å². The summed E-state index contributed by atoms with van der Waals surface area (Å²) in [5, 5.41) is 3.20. The van der Waals surface area contributed by atoms with E-state index < -0.39 is 0 Å². The Balaban J connectivity index is 1.49. The molecule has 0 unspecified atom stereocenters. The third-order valence-corrected chi connectivity index (χ3v) is 5.03. The fourth-order valence-electron chi connectivity index (χ4n) is 3.72. The second kappa shape index (κ2) is 8.34. The van der Waals surface area contributed by atoms with Gasteiger partial charge in [0.1, 0.15) is 5.82 Å². The molecule has 0 bridgehead atoms. The van der Waals surface area contributed by atoms with Gasteiger partial charge in [0.05, 0.1) is 5.56 Å². The number of amides is 1. The van der Waals surface area contributed by atoms with Crippen molar-refractivity contribution in [2.45, 2.75) is 32.6 Å². The van der Waals surface area contributed by atoms with E-state index in [2.05, 4.69) is 20.3 Å². The van der Waals surface area contributed by atoms with Crippen LogP contribution in [-0.4, -0.2) is 43.8 Å². The molecular weight excluding hydrogens is 364 g/mol. The standard InChI is InChI=1S/C22H24N6O/c1-15-12-16(2)25-22(24-15)27-20-9-3-8-19(26-20)18-7-5-11-28(14-18)21(29)17-6-4-10-23-13-17/h3-4,6,8-10,12-13,18H,5,7,11,14H2,1-2H3,(H,24,25,26,27)/t18-/m0/s1. The molecule has 0 spiro atoms. The van der Waals surface area contributed by atoms with Gasteiger partial charge in [-0.1, -0.05) is 6.07 Å². The van der Waals surface area contributed by atoms with Crippen LogP contribution < -0.4 is 5.32 Å². The van der Waals surface area contributed by atoms with Crippen LogP contribution >= 0.6 is 0 Å². The van der Waals surface area contributed by atoms with Crippen molar-refractivity contribution in [3.05, 3.63) is 71.4 Å². The summed E-state index contributed by atoms with van der Waals surface area (Å²) in [6.07, 6.45) is 5.26. The highest BCUT2D eigenvalue weighted by Crippen LogP contribution is 2.27. The van der Waals surface area contributed by atoms with Crippen LogP contribution in [0.4, 0.5) is 11.8 Å². The summed E-state index contributed by atoms with van der Waals surface area (Å²) in [4.78, 5) is 32.4. The summed E-state index contributed by atoms with van der Waals surface area (Å²) in [6, 6.07) is 11.5. The Morgan fingerprint density at radius 2 is 1.93 bits per heavy atom. The number of carbonyl (C=O) groups excluding carboxylic acids is 1. The van der Waals surface area contributed by atoms with Gasteiger partial charge in [-0.3, -0.25) is 9.78 Å². The number of hydrogen-bond acceptors (Lipinski definition) is 6. The number of aryl methyl sites for hydroxylation is 2. The summed E-state index contributed by atoms with van der Waals surface area (Å²) < 4.78 is 0. The van der Waals surface area contributed by atoms with Gasteiger partial charge in [0.25, 0.3) is 5.91 Å². The molecule has 0 aliphatic carbocycles. The van der Waals surface area contributed by atoms with Gasteiger partial charge in [-0.2, -0.15) is 0 Å². The fraction of sp³-hybridized carbons (Fsp3) is 0.318. The summed E-state index contributed by atoms with van der Waals surface area (Å²) in [5.41, 5.74) is 3.42. The van der Waals surface area contributed by atoms with Crippen LogP contribution in [0.3, 0.4) is 0 Å². The number of carbonyl (C=O) groups is 1. The Labute approximate surface area is 170 Å². The van der Waals surface area contributed by atoms with E-state index in [1.54, 1.807) is 18.5 Å². The van der Waals surface area contributed by atoms with Crippen LogP contribution in [0.2, 0.25) is 0 Å². The Morgan fingerprint density at radius 1 is 1.10 bits per heavy atom. The SMILES string of the molecule is Cc1cc(C)nc(Nc2cccc([C@H]3CCCN(C(=O)c4cccnc4)C3)n2)n1. The number of likely N-dealkylation sites (tertiary alicyclic amines) is 1. The number of pyridine rings is 2. The van der Waals surface area contributed by atoms with Crippen LogP contribution in [0, 0.1) is 13.8 Å². The van der Waals surface area contributed by atoms with Gasteiger partial charge < -0.3 is 10.2 Å². The lowest BCUT2D eigenvalue weighted by Gasteiger charge is -2.32. The van der Waals surface area contributed by atoms with Crippen molar-refractivity contribution >= 4 is 17.7 Å². The second-order valence-corrected chi connectivity index (χ2v) is 7.38. The molecule has 7 heteroatoms. The Kier molecular flexibility index (Phi) is 5.46. The van der Waals surface area contributed by atoms with Gasteiger partial charge in [0.15, 0.2) is 0 Å². The van der Waals surface area contributed by atoms with E-state index in [4.69, 9.17) is 4.98 Å². The molecule has 148 valence electrons. The zero-order valence-electron chi connectivity index (χ0n) is 16.7. The number of rotatable bonds is 4. The first-order chi connectivity index (χ1) is 14.1. The van der Waals surface area contributed by atoms with E-state index >= 15 is 0 Å². The molecule has 1 atom stereocenters. The first kappa shape index (κ1) is 19.0. The maximum atomic E-state index is 12.8. The van der Waals surface area contributed by atoms with Gasteiger partial charge in [0, 0.05) is 48.5 Å². The quantitative estimate of drug-likeness (QED) is 0.734. The molecule has 4 rings (SSSR count). The molecule has 4 heterocycles. The molecule has 1 saturated heterocycles. The second-order valence-electron chi connectivity index (χ2n) is 7.38. The van der Waals surface area contributed by atoms with E-state index in [1.165, 1.54) is 0 Å². The minimum Gasteiger partial charge on any atom is -0.338 e.